The van der Waals surface area contributed by atoms with Gasteiger partial charge in [-0.3, -0.25) is 0 Å². The van der Waals surface area contributed by atoms with E-state index in [1.54, 1.807) is 11.3 Å². The normalized spacial score (nSPS) is 10.5. The lowest BCUT2D eigenvalue weighted by Crippen LogP contribution is -2.05. The molecule has 2 aromatic rings. The van der Waals surface area contributed by atoms with E-state index in [2.05, 4.69) is 24.1 Å². The fraction of sp³-hybridized carbons (Fsp3) is 0.400. The van der Waals surface area contributed by atoms with Crippen molar-refractivity contribution in [2.75, 3.05) is 17.7 Å². The molecule has 0 fully saturated rings. The third-order valence-corrected chi connectivity index (χ3v) is 4.05. The lowest BCUT2D eigenvalue weighted by molar-refractivity contribution is 0.319. The molecule has 0 atom stereocenters. The molecule has 0 aliphatic carbocycles. The molecule has 0 radical (unpaired) electrons. The number of nitrogen functional groups attached to an aromatic ring is 1. The molecule has 0 bridgehead atoms. The number of ether oxygens (including phenoxy) is 1. The predicted octanol–water partition coefficient (Wildman–Crippen LogP) is 3.69. The van der Waals surface area contributed by atoms with E-state index in [-0.39, 0.29) is 0 Å². The third-order valence-electron chi connectivity index (χ3n) is 2.91. The highest BCUT2D eigenvalue weighted by atomic mass is 32.1. The number of nitrogens with zero attached hydrogens (tertiary/aromatic N) is 1. The molecule has 1 heterocycles. The number of thiazole rings is 1. The van der Waals surface area contributed by atoms with Gasteiger partial charge in [-0.2, -0.15) is 0 Å². The summed E-state index contributed by atoms with van der Waals surface area (Å²) in [6.45, 7) is 5.58. The molecule has 0 spiro atoms. The molecule has 1 aromatic carbocycles. The van der Waals surface area contributed by atoms with Gasteiger partial charge in [0.15, 0.2) is 0 Å². The van der Waals surface area contributed by atoms with Crippen LogP contribution in [0.1, 0.15) is 30.2 Å². The van der Waals surface area contributed by atoms with E-state index in [9.17, 15) is 0 Å². The van der Waals surface area contributed by atoms with Crippen molar-refractivity contribution in [2.45, 2.75) is 33.2 Å². The van der Waals surface area contributed by atoms with Crippen molar-refractivity contribution in [1.82, 2.24) is 4.98 Å². The number of anilines is 2. The van der Waals surface area contributed by atoms with Crippen LogP contribution < -0.4 is 15.8 Å². The number of benzene rings is 1. The van der Waals surface area contributed by atoms with Crippen LogP contribution in [0.25, 0.3) is 0 Å². The van der Waals surface area contributed by atoms with E-state index in [0.29, 0.717) is 18.8 Å². The quantitative estimate of drug-likeness (QED) is 0.764. The Morgan fingerprint density at radius 1 is 1.35 bits per heavy atom. The van der Waals surface area contributed by atoms with E-state index >= 15 is 0 Å². The van der Waals surface area contributed by atoms with Crippen LogP contribution in [-0.2, 0) is 13.0 Å². The molecule has 20 heavy (non-hydrogen) atoms. The number of nitrogens with one attached hydrogen (secondary N) is 1. The molecule has 5 heteroatoms. The van der Waals surface area contributed by atoms with E-state index in [4.69, 9.17) is 10.5 Å². The summed E-state index contributed by atoms with van der Waals surface area (Å²) in [5.41, 5.74) is 7.67. The average molecular weight is 291 g/mol. The fourth-order valence-electron chi connectivity index (χ4n) is 1.80. The lowest BCUT2D eigenvalue weighted by Gasteiger charge is -2.12. The summed E-state index contributed by atoms with van der Waals surface area (Å²) < 4.78 is 5.62. The maximum absolute atomic E-state index is 6.12. The molecule has 2 rings (SSSR count). The second-order valence-electron chi connectivity index (χ2n) is 4.49. The van der Waals surface area contributed by atoms with Crippen LogP contribution in [-0.4, -0.2) is 11.6 Å². The van der Waals surface area contributed by atoms with Gasteiger partial charge < -0.3 is 15.8 Å². The van der Waals surface area contributed by atoms with Gasteiger partial charge in [-0.1, -0.05) is 19.9 Å². The lowest BCUT2D eigenvalue weighted by atomic mass is 10.2. The van der Waals surface area contributed by atoms with Gasteiger partial charge in [0, 0.05) is 11.1 Å². The van der Waals surface area contributed by atoms with Crippen molar-refractivity contribution in [2.24, 2.45) is 0 Å². The Hall–Kier alpha value is -1.75. The van der Waals surface area contributed by atoms with Crippen LogP contribution in [0.4, 0.5) is 11.4 Å². The summed E-state index contributed by atoms with van der Waals surface area (Å²) in [6, 6.07) is 5.81. The van der Waals surface area contributed by atoms with Crippen molar-refractivity contribution in [3.63, 3.8) is 0 Å². The Morgan fingerprint density at radius 3 is 2.90 bits per heavy atom. The van der Waals surface area contributed by atoms with Crippen LogP contribution in [0.3, 0.4) is 0 Å². The molecule has 0 amide bonds. The number of hydrogen-bond acceptors (Lipinski definition) is 5. The summed E-state index contributed by atoms with van der Waals surface area (Å²) in [5.74, 6) is 0.741. The largest absolute Gasteiger partial charge is 0.491 e. The van der Waals surface area contributed by atoms with Gasteiger partial charge in [0.1, 0.15) is 10.8 Å². The first-order valence-corrected chi connectivity index (χ1v) is 7.75. The highest BCUT2D eigenvalue weighted by molar-refractivity contribution is 7.11. The maximum atomic E-state index is 6.12. The first-order chi connectivity index (χ1) is 9.74. The van der Waals surface area contributed by atoms with Crippen LogP contribution in [0.2, 0.25) is 0 Å². The van der Waals surface area contributed by atoms with Gasteiger partial charge in [-0.25, -0.2) is 4.98 Å². The first kappa shape index (κ1) is 14.7. The molecule has 3 N–H and O–H groups in total. The number of aromatic nitrogens is 1. The molecule has 0 saturated carbocycles. The highest BCUT2D eigenvalue weighted by Gasteiger charge is 2.07. The van der Waals surface area contributed by atoms with E-state index in [0.717, 1.165) is 29.3 Å². The van der Waals surface area contributed by atoms with Gasteiger partial charge in [0.2, 0.25) is 0 Å². The molecule has 0 aliphatic heterocycles. The summed E-state index contributed by atoms with van der Waals surface area (Å²) in [5, 5.41) is 4.40. The zero-order chi connectivity index (χ0) is 14.4. The van der Waals surface area contributed by atoms with Gasteiger partial charge in [-0.15, -0.1) is 11.3 Å². The highest BCUT2D eigenvalue weighted by Crippen LogP contribution is 2.30. The van der Waals surface area contributed by atoms with Crippen molar-refractivity contribution < 1.29 is 4.74 Å². The van der Waals surface area contributed by atoms with Gasteiger partial charge in [-0.05, 0) is 25.0 Å². The SMILES string of the molecule is CCCOc1cccc(NCc2ncc(CC)s2)c1N. The second kappa shape index (κ2) is 7.14. The summed E-state index contributed by atoms with van der Waals surface area (Å²) in [4.78, 5) is 5.69. The number of rotatable bonds is 7. The van der Waals surface area contributed by atoms with Gasteiger partial charge in [0.05, 0.1) is 24.5 Å². The molecule has 108 valence electrons. The molecule has 0 unspecified atom stereocenters. The van der Waals surface area contributed by atoms with Gasteiger partial charge in [0.25, 0.3) is 0 Å². The zero-order valence-electron chi connectivity index (χ0n) is 12.0. The predicted molar refractivity (Wildman–Crippen MR) is 85.5 cm³/mol. The van der Waals surface area contributed by atoms with Crippen LogP contribution in [0.15, 0.2) is 24.4 Å². The Bertz CT molecular complexity index is 554. The second-order valence-corrected chi connectivity index (χ2v) is 5.69. The molecule has 4 nitrogen and oxygen atoms in total. The number of para-hydroxylation sites is 1. The number of hydrogen-bond donors (Lipinski definition) is 2. The summed E-state index contributed by atoms with van der Waals surface area (Å²) in [6.07, 6.45) is 3.93. The number of nitrogens with two attached hydrogens (primary N) is 1. The monoisotopic (exact) mass is 291 g/mol. The maximum Gasteiger partial charge on any atom is 0.144 e. The Morgan fingerprint density at radius 2 is 2.20 bits per heavy atom. The average Bonchev–Trinajstić information content (AvgIpc) is 2.93. The molecular formula is C15H21N3OS. The fourth-order valence-corrected chi connectivity index (χ4v) is 2.60. The molecule has 1 aromatic heterocycles. The zero-order valence-corrected chi connectivity index (χ0v) is 12.8. The Kier molecular flexibility index (Phi) is 5.24. The first-order valence-electron chi connectivity index (χ1n) is 6.93. The number of aryl methyl sites for hydroxylation is 1. The standard InChI is InChI=1S/C15H21N3OS/c1-3-8-19-13-7-5-6-12(15(13)16)17-10-14-18-9-11(4-2)20-14/h5-7,9,17H,3-4,8,10,16H2,1-2H3. The molecular weight excluding hydrogens is 270 g/mol. The summed E-state index contributed by atoms with van der Waals surface area (Å²) in [7, 11) is 0. The third kappa shape index (κ3) is 3.63. The van der Waals surface area contributed by atoms with E-state index < -0.39 is 0 Å². The van der Waals surface area contributed by atoms with E-state index in [1.807, 2.05) is 24.4 Å². The van der Waals surface area contributed by atoms with E-state index in [1.165, 1.54) is 4.88 Å². The minimum atomic E-state index is 0.660. The minimum absolute atomic E-state index is 0.660. The van der Waals surface area contributed by atoms with Crippen LogP contribution in [0.5, 0.6) is 5.75 Å². The van der Waals surface area contributed by atoms with Crippen molar-refractivity contribution in [3.05, 3.63) is 34.3 Å². The van der Waals surface area contributed by atoms with Crippen molar-refractivity contribution >= 4 is 22.7 Å². The Labute approximate surface area is 124 Å². The Balaban J connectivity index is 2.01. The van der Waals surface area contributed by atoms with Gasteiger partial charge >= 0.3 is 0 Å². The van der Waals surface area contributed by atoms with Crippen LogP contribution >= 0.6 is 11.3 Å². The minimum Gasteiger partial charge on any atom is -0.491 e. The van der Waals surface area contributed by atoms with Crippen LogP contribution in [0, 0.1) is 0 Å². The smallest absolute Gasteiger partial charge is 0.144 e. The molecule has 0 saturated heterocycles. The van der Waals surface area contributed by atoms with Crippen molar-refractivity contribution in [1.29, 1.82) is 0 Å². The molecule has 0 aliphatic rings. The topological polar surface area (TPSA) is 60.2 Å². The van der Waals surface area contributed by atoms with Crippen molar-refractivity contribution in [3.8, 4) is 5.75 Å². The summed E-state index contributed by atoms with van der Waals surface area (Å²) >= 11 is 1.73.